The van der Waals surface area contributed by atoms with Gasteiger partial charge in [-0.05, 0) is 18.8 Å². The second-order valence-corrected chi connectivity index (χ2v) is 5.28. The zero-order valence-electron chi connectivity index (χ0n) is 10.5. The minimum absolute atomic E-state index is 0.160. The Morgan fingerprint density at radius 1 is 1.11 bits per heavy atom. The van der Waals surface area contributed by atoms with Gasteiger partial charge in [0.15, 0.2) is 6.23 Å². The van der Waals surface area contributed by atoms with E-state index < -0.39 is 0 Å². The van der Waals surface area contributed by atoms with Crippen molar-refractivity contribution >= 4 is 5.91 Å². The van der Waals surface area contributed by atoms with Gasteiger partial charge in [0.1, 0.15) is 0 Å². The minimum Gasteiger partial charge on any atom is -0.354 e. The number of rotatable bonds is 1. The summed E-state index contributed by atoms with van der Waals surface area (Å²) in [4.78, 5) is 12.2. The SMILES string of the molecule is O=C1NC(c2ccccc2)OCC2CCCCC12. The molecule has 3 nitrogen and oxygen atoms in total. The summed E-state index contributed by atoms with van der Waals surface area (Å²) in [7, 11) is 0. The van der Waals surface area contributed by atoms with Crippen LogP contribution in [0.1, 0.15) is 37.5 Å². The molecule has 1 saturated carbocycles. The van der Waals surface area contributed by atoms with Crippen molar-refractivity contribution in [3.05, 3.63) is 35.9 Å². The summed E-state index contributed by atoms with van der Waals surface area (Å²) >= 11 is 0. The van der Waals surface area contributed by atoms with Gasteiger partial charge >= 0.3 is 0 Å². The highest BCUT2D eigenvalue weighted by atomic mass is 16.5. The van der Waals surface area contributed by atoms with E-state index in [-0.39, 0.29) is 18.1 Å². The van der Waals surface area contributed by atoms with Crippen molar-refractivity contribution in [1.29, 1.82) is 0 Å². The lowest BCUT2D eigenvalue weighted by molar-refractivity contribution is -0.128. The van der Waals surface area contributed by atoms with E-state index in [0.717, 1.165) is 18.4 Å². The standard InChI is InChI=1S/C15H19NO2/c17-14-13-9-5-4-8-12(13)10-18-15(16-14)11-6-2-1-3-7-11/h1-3,6-7,12-13,15H,4-5,8-10H2,(H,16,17). The van der Waals surface area contributed by atoms with Crippen LogP contribution < -0.4 is 5.32 Å². The smallest absolute Gasteiger partial charge is 0.225 e. The molecule has 2 fully saturated rings. The first kappa shape index (κ1) is 11.7. The fourth-order valence-electron chi connectivity index (χ4n) is 3.06. The molecule has 1 saturated heterocycles. The Kier molecular flexibility index (Phi) is 3.33. The summed E-state index contributed by atoms with van der Waals surface area (Å²) in [6.45, 7) is 0.697. The Hall–Kier alpha value is -1.35. The van der Waals surface area contributed by atoms with Crippen LogP contribution in [-0.2, 0) is 9.53 Å². The van der Waals surface area contributed by atoms with Gasteiger partial charge in [-0.15, -0.1) is 0 Å². The van der Waals surface area contributed by atoms with E-state index in [1.54, 1.807) is 0 Å². The van der Waals surface area contributed by atoms with E-state index in [1.807, 2.05) is 30.3 Å². The molecule has 3 rings (SSSR count). The maximum Gasteiger partial charge on any atom is 0.225 e. The molecule has 1 aliphatic carbocycles. The van der Waals surface area contributed by atoms with Crippen LogP contribution in [0.25, 0.3) is 0 Å². The third-order valence-corrected chi connectivity index (χ3v) is 4.10. The number of carbonyl (C=O) groups excluding carboxylic acids is 1. The fraction of sp³-hybridized carbons (Fsp3) is 0.533. The van der Waals surface area contributed by atoms with Crippen LogP contribution in [0, 0.1) is 11.8 Å². The molecule has 0 aromatic heterocycles. The first-order chi connectivity index (χ1) is 8.84. The highest BCUT2D eigenvalue weighted by molar-refractivity contribution is 5.79. The number of nitrogens with one attached hydrogen (secondary N) is 1. The molecule has 1 aliphatic heterocycles. The lowest BCUT2D eigenvalue weighted by atomic mass is 9.79. The Labute approximate surface area is 108 Å². The van der Waals surface area contributed by atoms with Gasteiger partial charge in [0, 0.05) is 11.5 Å². The number of fused-ring (bicyclic) bond motifs is 1. The zero-order valence-corrected chi connectivity index (χ0v) is 10.5. The van der Waals surface area contributed by atoms with Gasteiger partial charge in [-0.25, -0.2) is 0 Å². The van der Waals surface area contributed by atoms with Crippen LogP contribution in [0.3, 0.4) is 0 Å². The van der Waals surface area contributed by atoms with Crippen molar-refractivity contribution in [2.45, 2.75) is 31.9 Å². The Morgan fingerprint density at radius 2 is 1.89 bits per heavy atom. The summed E-state index contributed by atoms with van der Waals surface area (Å²) in [6.07, 6.45) is 4.27. The van der Waals surface area contributed by atoms with E-state index >= 15 is 0 Å². The van der Waals surface area contributed by atoms with E-state index in [1.165, 1.54) is 12.8 Å². The average molecular weight is 245 g/mol. The fourth-order valence-corrected chi connectivity index (χ4v) is 3.06. The lowest BCUT2D eigenvalue weighted by Gasteiger charge is -2.26. The molecule has 2 aliphatic rings. The molecule has 1 amide bonds. The molecule has 1 aromatic carbocycles. The first-order valence-electron chi connectivity index (χ1n) is 6.81. The molecule has 0 spiro atoms. The van der Waals surface area contributed by atoms with Gasteiger partial charge in [-0.2, -0.15) is 0 Å². The number of hydrogen-bond donors (Lipinski definition) is 1. The summed E-state index contributed by atoms with van der Waals surface area (Å²) in [5, 5.41) is 3.03. The summed E-state index contributed by atoms with van der Waals surface area (Å²) in [5.41, 5.74) is 1.03. The van der Waals surface area contributed by atoms with Crippen molar-refractivity contribution in [2.24, 2.45) is 11.8 Å². The van der Waals surface area contributed by atoms with Gasteiger partial charge in [-0.1, -0.05) is 43.2 Å². The maximum atomic E-state index is 12.2. The Morgan fingerprint density at radius 3 is 2.72 bits per heavy atom. The number of hydrogen-bond acceptors (Lipinski definition) is 2. The first-order valence-corrected chi connectivity index (χ1v) is 6.81. The van der Waals surface area contributed by atoms with Crippen molar-refractivity contribution in [3.8, 4) is 0 Å². The molecule has 0 bridgehead atoms. The van der Waals surface area contributed by atoms with E-state index in [0.29, 0.717) is 12.5 Å². The van der Waals surface area contributed by atoms with Gasteiger partial charge < -0.3 is 10.1 Å². The molecule has 1 heterocycles. The normalized spacial score (nSPS) is 32.2. The molecular formula is C15H19NO2. The quantitative estimate of drug-likeness (QED) is 0.826. The molecule has 3 unspecified atom stereocenters. The van der Waals surface area contributed by atoms with E-state index in [4.69, 9.17) is 4.74 Å². The van der Waals surface area contributed by atoms with Crippen LogP contribution in [0.2, 0.25) is 0 Å². The number of carbonyl (C=O) groups is 1. The number of benzene rings is 1. The molecule has 0 radical (unpaired) electrons. The van der Waals surface area contributed by atoms with Crippen LogP contribution in [0.15, 0.2) is 30.3 Å². The second kappa shape index (κ2) is 5.11. The predicted molar refractivity (Wildman–Crippen MR) is 68.7 cm³/mol. The molecule has 96 valence electrons. The van der Waals surface area contributed by atoms with Crippen LogP contribution in [0.5, 0.6) is 0 Å². The van der Waals surface area contributed by atoms with Crippen molar-refractivity contribution in [2.75, 3.05) is 6.61 Å². The van der Waals surface area contributed by atoms with Gasteiger partial charge in [0.2, 0.25) is 5.91 Å². The highest BCUT2D eigenvalue weighted by Crippen LogP contribution is 2.34. The Balaban J connectivity index is 1.78. The van der Waals surface area contributed by atoms with Crippen molar-refractivity contribution in [1.82, 2.24) is 5.32 Å². The topological polar surface area (TPSA) is 38.3 Å². The predicted octanol–water partition coefficient (Wildman–Crippen LogP) is 2.64. The van der Waals surface area contributed by atoms with Gasteiger partial charge in [0.25, 0.3) is 0 Å². The minimum atomic E-state index is -0.274. The molecule has 18 heavy (non-hydrogen) atoms. The Bertz CT molecular complexity index is 418. The second-order valence-electron chi connectivity index (χ2n) is 5.28. The third kappa shape index (κ3) is 2.27. The summed E-state index contributed by atoms with van der Waals surface area (Å²) < 4.78 is 5.90. The van der Waals surface area contributed by atoms with Gasteiger partial charge in [0.05, 0.1) is 6.61 Å². The van der Waals surface area contributed by atoms with Crippen LogP contribution in [-0.4, -0.2) is 12.5 Å². The summed E-state index contributed by atoms with van der Waals surface area (Å²) in [5.74, 6) is 0.742. The molecule has 1 aromatic rings. The molecule has 1 N–H and O–H groups in total. The van der Waals surface area contributed by atoms with Crippen molar-refractivity contribution in [3.63, 3.8) is 0 Å². The van der Waals surface area contributed by atoms with E-state index in [9.17, 15) is 4.79 Å². The monoisotopic (exact) mass is 245 g/mol. The molecular weight excluding hydrogens is 226 g/mol. The van der Waals surface area contributed by atoms with Gasteiger partial charge in [-0.3, -0.25) is 4.79 Å². The average Bonchev–Trinajstić information content (AvgIpc) is 2.60. The molecule has 3 heteroatoms. The summed E-state index contributed by atoms with van der Waals surface area (Å²) in [6, 6.07) is 9.92. The highest BCUT2D eigenvalue weighted by Gasteiger charge is 2.35. The van der Waals surface area contributed by atoms with E-state index in [2.05, 4.69) is 5.32 Å². The number of amides is 1. The zero-order chi connectivity index (χ0) is 12.4. The van der Waals surface area contributed by atoms with Crippen LogP contribution in [0.4, 0.5) is 0 Å². The maximum absolute atomic E-state index is 12.2. The largest absolute Gasteiger partial charge is 0.354 e. The van der Waals surface area contributed by atoms with Crippen LogP contribution >= 0.6 is 0 Å². The number of ether oxygens (including phenoxy) is 1. The van der Waals surface area contributed by atoms with Crippen molar-refractivity contribution < 1.29 is 9.53 Å². The third-order valence-electron chi connectivity index (χ3n) is 4.10. The lowest BCUT2D eigenvalue weighted by Crippen LogP contribution is -2.35. The molecule has 3 atom stereocenters.